The molecule has 0 spiro atoms. The van der Waals surface area contributed by atoms with Crippen molar-refractivity contribution >= 4 is 28.3 Å². The highest BCUT2D eigenvalue weighted by molar-refractivity contribution is 6.08. The zero-order chi connectivity index (χ0) is 16.6. The van der Waals surface area contributed by atoms with Gasteiger partial charge in [-0.05, 0) is 29.8 Å². The number of benzene rings is 2. The molecule has 1 N–H and O–H groups in total. The van der Waals surface area contributed by atoms with Gasteiger partial charge in [-0.25, -0.2) is 0 Å². The molecule has 23 heavy (non-hydrogen) atoms. The first-order valence-corrected chi connectivity index (χ1v) is 7.25. The summed E-state index contributed by atoms with van der Waals surface area (Å²) in [5, 5.41) is 14.9. The van der Waals surface area contributed by atoms with Gasteiger partial charge in [-0.3, -0.25) is 19.7 Å². The fraction of sp³-hybridized carbons (Fsp3) is 0.250. The van der Waals surface area contributed by atoms with Crippen LogP contribution < -0.4 is 5.32 Å². The van der Waals surface area contributed by atoms with Crippen LogP contribution in [-0.2, 0) is 4.79 Å². The molecule has 1 heterocycles. The van der Waals surface area contributed by atoms with Gasteiger partial charge < -0.3 is 10.2 Å². The molecule has 0 radical (unpaired) electrons. The third kappa shape index (κ3) is 2.61. The highest BCUT2D eigenvalue weighted by Gasteiger charge is 2.30. The molecule has 1 aliphatic rings. The average Bonchev–Trinajstić information content (AvgIpc) is 2.55. The molecule has 1 aliphatic heterocycles. The minimum atomic E-state index is -0.537. The van der Waals surface area contributed by atoms with E-state index in [0.29, 0.717) is 29.4 Å². The molecule has 7 nitrogen and oxygen atoms in total. The van der Waals surface area contributed by atoms with Gasteiger partial charge in [0.2, 0.25) is 5.91 Å². The second-order valence-corrected chi connectivity index (χ2v) is 5.43. The number of nitro benzene ring substituents is 1. The molecule has 1 atom stereocenters. The van der Waals surface area contributed by atoms with E-state index in [0.717, 1.165) is 0 Å². The van der Waals surface area contributed by atoms with Crippen LogP contribution in [0.15, 0.2) is 36.4 Å². The quantitative estimate of drug-likeness (QED) is 0.674. The molecule has 0 unspecified atom stereocenters. The lowest BCUT2D eigenvalue weighted by Gasteiger charge is -2.33. The number of nitrogens with one attached hydrogen (secondary N) is 1. The summed E-state index contributed by atoms with van der Waals surface area (Å²) in [6, 6.07) is 8.96. The van der Waals surface area contributed by atoms with E-state index in [9.17, 15) is 19.7 Å². The van der Waals surface area contributed by atoms with E-state index >= 15 is 0 Å². The van der Waals surface area contributed by atoms with Crippen molar-refractivity contribution in [2.75, 3.05) is 13.1 Å². The molecule has 0 aromatic heterocycles. The van der Waals surface area contributed by atoms with Crippen LogP contribution in [0.3, 0.4) is 0 Å². The summed E-state index contributed by atoms with van der Waals surface area (Å²) >= 11 is 0. The Morgan fingerprint density at radius 2 is 2.13 bits per heavy atom. The van der Waals surface area contributed by atoms with Gasteiger partial charge in [-0.1, -0.05) is 12.1 Å². The highest BCUT2D eigenvalue weighted by Crippen LogP contribution is 2.25. The summed E-state index contributed by atoms with van der Waals surface area (Å²) in [7, 11) is 0. The molecule has 0 aliphatic carbocycles. The van der Waals surface area contributed by atoms with E-state index < -0.39 is 11.0 Å². The molecular weight excluding hydrogens is 298 g/mol. The van der Waals surface area contributed by atoms with Crippen LogP contribution in [-0.4, -0.2) is 40.8 Å². The monoisotopic (exact) mass is 313 g/mol. The van der Waals surface area contributed by atoms with Crippen molar-refractivity contribution in [1.29, 1.82) is 0 Å². The van der Waals surface area contributed by atoms with E-state index in [2.05, 4.69) is 5.32 Å². The van der Waals surface area contributed by atoms with Crippen LogP contribution in [0.5, 0.6) is 0 Å². The Morgan fingerprint density at radius 3 is 2.87 bits per heavy atom. The molecule has 1 fully saturated rings. The van der Waals surface area contributed by atoms with Crippen LogP contribution >= 0.6 is 0 Å². The average molecular weight is 313 g/mol. The second kappa shape index (κ2) is 5.68. The van der Waals surface area contributed by atoms with Crippen LogP contribution in [0.2, 0.25) is 0 Å². The fourth-order valence-corrected chi connectivity index (χ4v) is 2.79. The predicted molar refractivity (Wildman–Crippen MR) is 84.1 cm³/mol. The van der Waals surface area contributed by atoms with Crippen LogP contribution in [0, 0.1) is 10.1 Å². The lowest BCUT2D eigenvalue weighted by atomic mass is 10.0. The summed E-state index contributed by atoms with van der Waals surface area (Å²) in [6.45, 7) is 2.54. The van der Waals surface area contributed by atoms with Crippen molar-refractivity contribution in [1.82, 2.24) is 10.2 Å². The van der Waals surface area contributed by atoms with Crippen molar-refractivity contribution in [3.8, 4) is 0 Å². The van der Waals surface area contributed by atoms with E-state index in [1.807, 2.05) is 0 Å². The Bertz CT molecular complexity index is 818. The second-order valence-electron chi connectivity index (χ2n) is 5.43. The number of non-ortho nitro benzene ring substituents is 1. The Morgan fingerprint density at radius 1 is 1.35 bits per heavy atom. The minimum Gasteiger partial charge on any atom is -0.353 e. The first kappa shape index (κ1) is 15.0. The van der Waals surface area contributed by atoms with Crippen molar-refractivity contribution in [3.63, 3.8) is 0 Å². The SMILES string of the molecule is C[C@H]1C(=O)NCCN1C(=O)c1cccc2cc([N+](=O)[O-])ccc12. The molecule has 2 amide bonds. The highest BCUT2D eigenvalue weighted by atomic mass is 16.6. The molecular formula is C16H15N3O4. The van der Waals surface area contributed by atoms with Gasteiger partial charge in [0.05, 0.1) is 4.92 Å². The van der Waals surface area contributed by atoms with Gasteiger partial charge in [0.1, 0.15) is 6.04 Å². The number of hydrogen-bond donors (Lipinski definition) is 1. The molecule has 1 saturated heterocycles. The number of nitro groups is 1. The van der Waals surface area contributed by atoms with Gasteiger partial charge in [-0.2, -0.15) is 0 Å². The number of carbonyl (C=O) groups is 2. The molecule has 0 bridgehead atoms. The first-order chi connectivity index (χ1) is 11.0. The maximum Gasteiger partial charge on any atom is 0.270 e. The molecule has 118 valence electrons. The van der Waals surface area contributed by atoms with Crippen molar-refractivity contribution in [2.45, 2.75) is 13.0 Å². The summed E-state index contributed by atoms with van der Waals surface area (Å²) in [5.74, 6) is -0.424. The van der Waals surface area contributed by atoms with E-state index in [4.69, 9.17) is 0 Å². The number of piperazine rings is 1. The zero-order valence-electron chi connectivity index (χ0n) is 12.5. The predicted octanol–water partition coefficient (Wildman–Crippen LogP) is 1.71. The standard InChI is InChI=1S/C16H15N3O4/c1-10-15(20)17-7-8-18(10)16(21)14-4-2-3-11-9-12(19(22)23)5-6-13(11)14/h2-6,9-10H,7-8H2,1H3,(H,17,20)/t10-/m0/s1. The lowest BCUT2D eigenvalue weighted by molar-refractivity contribution is -0.384. The summed E-state index contributed by atoms with van der Waals surface area (Å²) < 4.78 is 0. The van der Waals surface area contributed by atoms with Crippen LogP contribution in [0.4, 0.5) is 5.69 Å². The van der Waals surface area contributed by atoms with Crippen molar-refractivity contribution in [2.24, 2.45) is 0 Å². The maximum atomic E-state index is 12.8. The Kier molecular flexibility index (Phi) is 3.69. The number of rotatable bonds is 2. The fourth-order valence-electron chi connectivity index (χ4n) is 2.79. The van der Waals surface area contributed by atoms with E-state index in [-0.39, 0.29) is 17.5 Å². The van der Waals surface area contributed by atoms with Gasteiger partial charge in [0, 0.05) is 30.8 Å². The van der Waals surface area contributed by atoms with Gasteiger partial charge >= 0.3 is 0 Å². The molecule has 0 saturated carbocycles. The number of amides is 2. The molecule has 2 aromatic carbocycles. The van der Waals surface area contributed by atoms with Gasteiger partial charge in [0.15, 0.2) is 0 Å². The van der Waals surface area contributed by atoms with Crippen molar-refractivity contribution < 1.29 is 14.5 Å². The minimum absolute atomic E-state index is 0.0205. The lowest BCUT2D eigenvalue weighted by Crippen LogP contribution is -2.55. The third-order valence-electron chi connectivity index (χ3n) is 4.06. The van der Waals surface area contributed by atoms with Gasteiger partial charge in [0.25, 0.3) is 11.6 Å². The van der Waals surface area contributed by atoms with Crippen molar-refractivity contribution in [3.05, 3.63) is 52.1 Å². The largest absolute Gasteiger partial charge is 0.353 e. The maximum absolute atomic E-state index is 12.8. The third-order valence-corrected chi connectivity index (χ3v) is 4.06. The molecule has 7 heteroatoms. The summed E-state index contributed by atoms with van der Waals surface area (Å²) in [6.07, 6.45) is 0. The number of hydrogen-bond acceptors (Lipinski definition) is 4. The Hall–Kier alpha value is -2.96. The topological polar surface area (TPSA) is 92.6 Å². The number of carbonyl (C=O) groups excluding carboxylic acids is 2. The smallest absolute Gasteiger partial charge is 0.270 e. The normalized spacial score (nSPS) is 17.9. The van der Waals surface area contributed by atoms with Gasteiger partial charge in [-0.15, -0.1) is 0 Å². The van der Waals surface area contributed by atoms with Crippen LogP contribution in [0.1, 0.15) is 17.3 Å². The summed E-state index contributed by atoms with van der Waals surface area (Å²) in [4.78, 5) is 36.5. The molecule has 3 rings (SSSR count). The zero-order valence-corrected chi connectivity index (χ0v) is 12.5. The Balaban J connectivity index is 2.04. The van der Waals surface area contributed by atoms with E-state index in [1.54, 1.807) is 31.2 Å². The van der Waals surface area contributed by atoms with Crippen LogP contribution in [0.25, 0.3) is 10.8 Å². The molecule has 2 aromatic rings. The number of fused-ring (bicyclic) bond motifs is 1. The van der Waals surface area contributed by atoms with E-state index in [1.165, 1.54) is 17.0 Å². The number of nitrogens with zero attached hydrogens (tertiary/aromatic N) is 2. The first-order valence-electron chi connectivity index (χ1n) is 7.25. The summed E-state index contributed by atoms with van der Waals surface area (Å²) in [5.41, 5.74) is 0.423. The Labute approximate surface area is 132 Å².